The number of hydrogen-bond acceptors (Lipinski definition) is 3. The van der Waals surface area contributed by atoms with Crippen molar-refractivity contribution in [3.63, 3.8) is 0 Å². The minimum absolute atomic E-state index is 0.181. The molecule has 2 aromatic rings. The van der Waals surface area contributed by atoms with E-state index in [9.17, 15) is 4.79 Å². The van der Waals surface area contributed by atoms with Crippen molar-refractivity contribution in [1.82, 2.24) is 0 Å². The average Bonchev–Trinajstić information content (AvgIpc) is 2.75. The van der Waals surface area contributed by atoms with Gasteiger partial charge in [-0.15, -0.1) is 11.3 Å². The van der Waals surface area contributed by atoms with Gasteiger partial charge in [0.1, 0.15) is 0 Å². The Hall–Kier alpha value is -1.61. The number of Topliss-reactive ketones (excluding diaryl/α,β-unsaturated/α-hetero) is 1. The molecule has 0 radical (unpaired) electrons. The predicted molar refractivity (Wildman–Crippen MR) is 82.6 cm³/mol. The van der Waals surface area contributed by atoms with Gasteiger partial charge in [-0.1, -0.05) is 17.7 Å². The molecule has 0 aliphatic heterocycles. The first kappa shape index (κ1) is 13.8. The van der Waals surface area contributed by atoms with Crippen molar-refractivity contribution in [3.05, 3.63) is 51.2 Å². The summed E-state index contributed by atoms with van der Waals surface area (Å²) in [6.07, 6.45) is 0. The summed E-state index contributed by atoms with van der Waals surface area (Å²) >= 11 is 1.56. The second-order valence-electron chi connectivity index (χ2n) is 4.98. The van der Waals surface area contributed by atoms with E-state index < -0.39 is 0 Å². The number of likely N-dealkylation sites (N-methyl/N-ethyl adjacent to an activating group) is 1. The third-order valence-electron chi connectivity index (χ3n) is 3.16. The second kappa shape index (κ2) is 5.57. The zero-order valence-corrected chi connectivity index (χ0v) is 12.7. The van der Waals surface area contributed by atoms with Crippen molar-refractivity contribution in [2.24, 2.45) is 0 Å². The smallest absolute Gasteiger partial charge is 0.191 e. The summed E-state index contributed by atoms with van der Waals surface area (Å²) in [4.78, 5) is 16.2. The molecule has 3 heteroatoms. The number of carbonyl (C=O) groups is 1. The molecular weight excluding hydrogens is 254 g/mol. The van der Waals surface area contributed by atoms with Crippen LogP contribution in [0.1, 0.15) is 25.7 Å². The largest absolute Gasteiger partial charge is 0.367 e. The molecule has 1 aromatic heterocycles. The van der Waals surface area contributed by atoms with Gasteiger partial charge in [0.05, 0.1) is 11.4 Å². The first-order valence-corrected chi connectivity index (χ1v) is 7.17. The van der Waals surface area contributed by atoms with Crippen molar-refractivity contribution >= 4 is 22.8 Å². The van der Waals surface area contributed by atoms with Gasteiger partial charge in [0.2, 0.25) is 0 Å². The van der Waals surface area contributed by atoms with Crippen LogP contribution in [-0.4, -0.2) is 19.4 Å². The Morgan fingerprint density at radius 2 is 1.89 bits per heavy atom. The van der Waals surface area contributed by atoms with E-state index in [0.29, 0.717) is 6.54 Å². The molecule has 0 amide bonds. The summed E-state index contributed by atoms with van der Waals surface area (Å²) in [5.74, 6) is 0.181. The minimum atomic E-state index is 0.181. The van der Waals surface area contributed by atoms with Crippen molar-refractivity contribution in [1.29, 1.82) is 0 Å². The average molecular weight is 273 g/mol. The van der Waals surface area contributed by atoms with Gasteiger partial charge in [-0.3, -0.25) is 4.79 Å². The van der Waals surface area contributed by atoms with Crippen LogP contribution >= 0.6 is 11.3 Å². The third kappa shape index (κ3) is 3.24. The molecule has 0 atom stereocenters. The van der Waals surface area contributed by atoms with E-state index in [-0.39, 0.29) is 5.78 Å². The second-order valence-corrected chi connectivity index (χ2v) is 6.27. The highest BCUT2D eigenvalue weighted by molar-refractivity contribution is 7.14. The Kier molecular flexibility index (Phi) is 4.05. The molecule has 0 saturated heterocycles. The van der Waals surface area contributed by atoms with Gasteiger partial charge < -0.3 is 4.90 Å². The van der Waals surface area contributed by atoms with Gasteiger partial charge in [0.15, 0.2) is 5.78 Å². The number of nitrogens with zero attached hydrogens (tertiary/aromatic N) is 1. The SMILES string of the molecule is Cc1ccc(N(C)CC(=O)c2ccc(C)s2)c(C)c1. The van der Waals surface area contributed by atoms with Crippen molar-refractivity contribution < 1.29 is 4.79 Å². The highest BCUT2D eigenvalue weighted by Gasteiger charge is 2.13. The maximum absolute atomic E-state index is 12.2. The zero-order chi connectivity index (χ0) is 14.0. The summed E-state index contributed by atoms with van der Waals surface area (Å²) in [6.45, 7) is 6.61. The summed E-state index contributed by atoms with van der Waals surface area (Å²) in [7, 11) is 1.97. The molecule has 0 saturated carbocycles. The Bertz CT molecular complexity index is 601. The van der Waals surface area contributed by atoms with Crippen LogP contribution in [0.25, 0.3) is 0 Å². The van der Waals surface area contributed by atoms with Crippen LogP contribution in [0, 0.1) is 20.8 Å². The highest BCUT2D eigenvalue weighted by atomic mass is 32.1. The first-order valence-electron chi connectivity index (χ1n) is 6.35. The number of anilines is 1. The van der Waals surface area contributed by atoms with E-state index >= 15 is 0 Å². The zero-order valence-electron chi connectivity index (χ0n) is 11.9. The number of thiophene rings is 1. The fourth-order valence-electron chi connectivity index (χ4n) is 2.20. The van der Waals surface area contributed by atoms with Crippen molar-refractivity contribution in [3.8, 4) is 0 Å². The molecule has 0 aliphatic rings. The maximum atomic E-state index is 12.2. The summed E-state index contributed by atoms with van der Waals surface area (Å²) < 4.78 is 0. The van der Waals surface area contributed by atoms with Crippen LogP contribution in [0.5, 0.6) is 0 Å². The number of rotatable bonds is 4. The van der Waals surface area contributed by atoms with E-state index in [1.807, 2.05) is 31.0 Å². The Balaban J connectivity index is 2.12. The number of benzene rings is 1. The molecule has 1 heterocycles. The number of ketones is 1. The van der Waals surface area contributed by atoms with Gasteiger partial charge in [-0.05, 0) is 44.5 Å². The van der Waals surface area contributed by atoms with Crippen LogP contribution in [0.2, 0.25) is 0 Å². The van der Waals surface area contributed by atoms with Crippen LogP contribution in [-0.2, 0) is 0 Å². The molecule has 0 unspecified atom stereocenters. The molecule has 1 aromatic carbocycles. The lowest BCUT2D eigenvalue weighted by atomic mass is 10.1. The monoisotopic (exact) mass is 273 g/mol. The van der Waals surface area contributed by atoms with Crippen LogP contribution in [0.3, 0.4) is 0 Å². The van der Waals surface area contributed by atoms with Gasteiger partial charge in [0, 0.05) is 17.6 Å². The lowest BCUT2D eigenvalue weighted by Crippen LogP contribution is -2.25. The summed E-state index contributed by atoms with van der Waals surface area (Å²) in [6, 6.07) is 10.2. The topological polar surface area (TPSA) is 20.3 Å². The summed E-state index contributed by atoms with van der Waals surface area (Å²) in [5.41, 5.74) is 3.57. The number of hydrogen-bond donors (Lipinski definition) is 0. The minimum Gasteiger partial charge on any atom is -0.367 e. The summed E-state index contributed by atoms with van der Waals surface area (Å²) in [5, 5.41) is 0. The molecule has 0 aliphatic carbocycles. The maximum Gasteiger partial charge on any atom is 0.191 e. The van der Waals surface area contributed by atoms with Crippen LogP contribution < -0.4 is 4.90 Å². The molecular formula is C16H19NOS. The van der Waals surface area contributed by atoms with E-state index in [0.717, 1.165) is 10.6 Å². The van der Waals surface area contributed by atoms with Crippen molar-refractivity contribution in [2.75, 3.05) is 18.5 Å². The standard InChI is InChI=1S/C16H19NOS/c1-11-5-7-14(12(2)9-11)17(4)10-15(18)16-8-6-13(3)19-16/h5-9H,10H2,1-4H3. The highest BCUT2D eigenvalue weighted by Crippen LogP contribution is 2.21. The van der Waals surface area contributed by atoms with E-state index in [1.165, 1.54) is 16.0 Å². The molecule has 2 nitrogen and oxygen atoms in total. The Morgan fingerprint density at radius 1 is 1.16 bits per heavy atom. The third-order valence-corrected chi connectivity index (χ3v) is 4.20. The lowest BCUT2D eigenvalue weighted by Gasteiger charge is -2.20. The van der Waals surface area contributed by atoms with Gasteiger partial charge in [0.25, 0.3) is 0 Å². The molecule has 2 rings (SSSR count). The molecule has 0 bridgehead atoms. The Labute approximate surface area is 118 Å². The first-order chi connectivity index (χ1) is 8.97. The lowest BCUT2D eigenvalue weighted by molar-refractivity contribution is 0.100. The van der Waals surface area contributed by atoms with Crippen molar-refractivity contribution in [2.45, 2.75) is 20.8 Å². The van der Waals surface area contributed by atoms with Gasteiger partial charge in [-0.2, -0.15) is 0 Å². The molecule has 0 N–H and O–H groups in total. The molecule has 0 fully saturated rings. The van der Waals surface area contributed by atoms with Crippen LogP contribution in [0.4, 0.5) is 5.69 Å². The Morgan fingerprint density at radius 3 is 2.47 bits per heavy atom. The van der Waals surface area contributed by atoms with Gasteiger partial charge >= 0.3 is 0 Å². The van der Waals surface area contributed by atoms with E-state index in [4.69, 9.17) is 0 Å². The molecule has 0 spiro atoms. The normalized spacial score (nSPS) is 10.5. The van der Waals surface area contributed by atoms with Gasteiger partial charge in [-0.25, -0.2) is 0 Å². The number of carbonyl (C=O) groups excluding carboxylic acids is 1. The fourth-order valence-corrected chi connectivity index (χ4v) is 2.99. The van der Waals surface area contributed by atoms with E-state index in [1.54, 1.807) is 11.3 Å². The molecule has 100 valence electrons. The quantitative estimate of drug-likeness (QED) is 0.785. The number of aryl methyl sites for hydroxylation is 3. The predicted octanol–water partition coefficient (Wildman–Crippen LogP) is 3.99. The molecule has 19 heavy (non-hydrogen) atoms. The fraction of sp³-hybridized carbons (Fsp3) is 0.312. The van der Waals surface area contributed by atoms with E-state index in [2.05, 4.69) is 32.0 Å². The van der Waals surface area contributed by atoms with Crippen LogP contribution in [0.15, 0.2) is 30.3 Å².